The van der Waals surface area contributed by atoms with Gasteiger partial charge in [0.2, 0.25) is 0 Å². The highest BCUT2D eigenvalue weighted by atomic mass is 35.5. The molecule has 0 saturated heterocycles. The second-order valence-electron chi connectivity index (χ2n) is 8.78. The van der Waals surface area contributed by atoms with E-state index in [1.54, 1.807) is 0 Å². The van der Waals surface area contributed by atoms with Crippen LogP contribution in [0.3, 0.4) is 0 Å². The Morgan fingerprint density at radius 1 is 1.20 bits per heavy atom. The number of amides is 2. The van der Waals surface area contributed by atoms with E-state index in [4.69, 9.17) is 28.0 Å². The van der Waals surface area contributed by atoms with E-state index >= 15 is 0 Å². The maximum Gasteiger partial charge on any atom is 0.435 e. The molecule has 0 saturated carbocycles. The van der Waals surface area contributed by atoms with Gasteiger partial charge in [0.1, 0.15) is 11.7 Å². The number of methoxy groups -OCH3 is 1. The number of carbonyl (C=O) groups excluding carboxylic acids is 3. The molecule has 3 rings (SSSR count). The predicted octanol–water partition coefficient (Wildman–Crippen LogP) is 4.49. The van der Waals surface area contributed by atoms with Crippen molar-refractivity contribution in [2.24, 2.45) is 0 Å². The van der Waals surface area contributed by atoms with Gasteiger partial charge in [-0.05, 0) is 43.2 Å². The molecule has 41 heavy (non-hydrogen) atoms. The number of esters is 1. The molecule has 0 fully saturated rings. The van der Waals surface area contributed by atoms with E-state index in [2.05, 4.69) is 25.5 Å². The Hall–Kier alpha value is -3.69. The second-order valence-corrected chi connectivity index (χ2v) is 12.0. The third-order valence-corrected chi connectivity index (χ3v) is 7.07. The van der Waals surface area contributed by atoms with Crippen molar-refractivity contribution in [1.29, 1.82) is 4.78 Å². The van der Waals surface area contributed by atoms with Gasteiger partial charge < -0.3 is 15.4 Å². The van der Waals surface area contributed by atoms with Crippen molar-refractivity contribution in [2.75, 3.05) is 24.4 Å². The number of alkyl halides is 3. The van der Waals surface area contributed by atoms with E-state index in [0.717, 1.165) is 7.11 Å². The van der Waals surface area contributed by atoms with Gasteiger partial charge in [0, 0.05) is 39.0 Å². The summed E-state index contributed by atoms with van der Waals surface area (Å²) < 4.78 is 65.3. The lowest BCUT2D eigenvalue weighted by molar-refractivity contribution is -0.143. The summed E-state index contributed by atoms with van der Waals surface area (Å²) in [5, 5.41) is 8.29. The number of aromatic nitrogens is 3. The Kier molecular flexibility index (Phi) is 9.66. The number of ether oxygens (including phenoxy) is 1. The van der Waals surface area contributed by atoms with E-state index in [9.17, 15) is 31.8 Å². The first-order valence-corrected chi connectivity index (χ1v) is 14.4. The average molecular weight is 635 g/mol. The summed E-state index contributed by atoms with van der Waals surface area (Å²) in [5.41, 5.74) is -2.10. The molecule has 0 aliphatic rings. The lowest BCUT2D eigenvalue weighted by Crippen LogP contribution is -2.42. The SMILES string of the molecule is COC(=O)C(CCS(C)(=N)=O)NC(=O)c1cc(Cl)cc(C)c1NC(=O)c1cc(C(F)(F)F)nn1-c1ncccc1Cl. The van der Waals surface area contributed by atoms with Crippen molar-refractivity contribution < 1.29 is 36.5 Å². The van der Waals surface area contributed by atoms with Crippen molar-refractivity contribution in [2.45, 2.75) is 25.6 Å². The fourth-order valence-electron chi connectivity index (χ4n) is 3.61. The molecule has 3 aromatic rings. The Morgan fingerprint density at radius 3 is 2.46 bits per heavy atom. The highest BCUT2D eigenvalue weighted by Crippen LogP contribution is 2.32. The molecule has 2 unspecified atom stereocenters. The summed E-state index contributed by atoms with van der Waals surface area (Å²) in [6.45, 7) is 1.48. The first-order valence-electron chi connectivity index (χ1n) is 11.5. The van der Waals surface area contributed by atoms with Crippen molar-refractivity contribution in [1.82, 2.24) is 20.1 Å². The molecule has 1 aromatic carbocycles. The topological polar surface area (TPSA) is 156 Å². The number of nitrogens with zero attached hydrogens (tertiary/aromatic N) is 3. The lowest BCUT2D eigenvalue weighted by Gasteiger charge is -2.19. The molecule has 0 bridgehead atoms. The number of nitrogens with one attached hydrogen (secondary N) is 3. The van der Waals surface area contributed by atoms with Crippen LogP contribution in [0.1, 0.15) is 38.5 Å². The molecule has 17 heteroatoms. The number of pyridine rings is 1. The molecule has 3 N–H and O–H groups in total. The molecule has 0 radical (unpaired) electrons. The van der Waals surface area contributed by atoms with Gasteiger partial charge in [-0.3, -0.25) is 18.6 Å². The molecular formula is C24H23Cl2F3N6O5S. The Balaban J connectivity index is 2.03. The molecule has 0 aliphatic carbocycles. The van der Waals surface area contributed by atoms with Crippen molar-refractivity contribution in [3.63, 3.8) is 0 Å². The molecule has 2 atom stereocenters. The molecule has 2 amide bonds. The number of hydrogen-bond acceptors (Lipinski definition) is 8. The van der Waals surface area contributed by atoms with Gasteiger partial charge in [-0.15, -0.1) is 0 Å². The minimum atomic E-state index is -4.91. The average Bonchev–Trinajstić information content (AvgIpc) is 3.33. The highest BCUT2D eigenvalue weighted by Gasteiger charge is 2.37. The Labute approximate surface area is 242 Å². The van der Waals surface area contributed by atoms with Gasteiger partial charge in [0.05, 0.1) is 23.4 Å². The fourth-order valence-corrected chi connectivity index (χ4v) is 4.77. The number of rotatable bonds is 9. The van der Waals surface area contributed by atoms with Gasteiger partial charge >= 0.3 is 12.1 Å². The minimum Gasteiger partial charge on any atom is -0.467 e. The van der Waals surface area contributed by atoms with Crippen LogP contribution < -0.4 is 10.6 Å². The second kappa shape index (κ2) is 12.4. The zero-order chi connectivity index (χ0) is 30.7. The van der Waals surface area contributed by atoms with E-state index in [1.165, 1.54) is 43.6 Å². The molecule has 2 aromatic heterocycles. The zero-order valence-corrected chi connectivity index (χ0v) is 24.0. The largest absolute Gasteiger partial charge is 0.467 e. The first-order chi connectivity index (χ1) is 19.0. The summed E-state index contributed by atoms with van der Waals surface area (Å²) >= 11 is 12.2. The summed E-state index contributed by atoms with van der Waals surface area (Å²) in [5.74, 6) is -3.36. The van der Waals surface area contributed by atoms with Gasteiger partial charge in [0.15, 0.2) is 11.5 Å². The van der Waals surface area contributed by atoms with Crippen molar-refractivity contribution in [3.05, 3.63) is 69.1 Å². The highest BCUT2D eigenvalue weighted by molar-refractivity contribution is 7.91. The van der Waals surface area contributed by atoms with Crippen LogP contribution in [0.25, 0.3) is 5.82 Å². The van der Waals surface area contributed by atoms with Gasteiger partial charge in [-0.2, -0.15) is 18.3 Å². The van der Waals surface area contributed by atoms with Crippen molar-refractivity contribution >= 4 is 56.4 Å². The van der Waals surface area contributed by atoms with Crippen LogP contribution in [-0.2, 0) is 25.4 Å². The number of aryl methyl sites for hydroxylation is 1. The van der Waals surface area contributed by atoms with Crippen LogP contribution >= 0.6 is 23.2 Å². The minimum absolute atomic E-state index is 0.0765. The van der Waals surface area contributed by atoms with Crippen LogP contribution in [-0.4, -0.2) is 61.9 Å². The normalized spacial score (nSPS) is 13.7. The zero-order valence-electron chi connectivity index (χ0n) is 21.6. The Morgan fingerprint density at radius 2 is 1.88 bits per heavy atom. The molecular weight excluding hydrogens is 612 g/mol. The van der Waals surface area contributed by atoms with Gasteiger partial charge in [-0.25, -0.2) is 14.5 Å². The number of benzene rings is 1. The van der Waals surface area contributed by atoms with Gasteiger partial charge in [-0.1, -0.05) is 23.2 Å². The smallest absolute Gasteiger partial charge is 0.435 e. The molecule has 11 nitrogen and oxygen atoms in total. The molecule has 0 spiro atoms. The lowest BCUT2D eigenvalue weighted by atomic mass is 10.1. The van der Waals surface area contributed by atoms with Crippen LogP contribution in [0.4, 0.5) is 18.9 Å². The third-order valence-electron chi connectivity index (χ3n) is 5.54. The maximum absolute atomic E-state index is 13.5. The van der Waals surface area contributed by atoms with Crippen LogP contribution in [0.5, 0.6) is 0 Å². The quantitative estimate of drug-likeness (QED) is 0.293. The van der Waals surface area contributed by atoms with E-state index in [1.807, 2.05) is 0 Å². The number of halogens is 5. The molecule has 220 valence electrons. The summed E-state index contributed by atoms with van der Waals surface area (Å²) in [6.07, 6.45) is -2.68. The third kappa shape index (κ3) is 7.95. The monoisotopic (exact) mass is 634 g/mol. The van der Waals surface area contributed by atoms with Crippen LogP contribution in [0.2, 0.25) is 10.0 Å². The van der Waals surface area contributed by atoms with Crippen LogP contribution in [0, 0.1) is 11.7 Å². The van der Waals surface area contributed by atoms with E-state index in [-0.39, 0.29) is 44.9 Å². The Bertz CT molecular complexity index is 1610. The number of hydrogen-bond donors (Lipinski definition) is 3. The standard InChI is InChI=1S/C24H23Cl2F3N6O5S/c1-12-9-13(25)10-14(21(36)32-16(23(38)40-2)6-8-41(3,30)39)19(12)33-22(37)17-11-18(24(27,28)29)34-35(17)20-15(26)5-4-7-31-20/h4-5,7,9-11,16,30H,6,8H2,1-3H3,(H,32,36)(H,33,37). The number of anilines is 1. The summed E-state index contributed by atoms with van der Waals surface area (Å²) in [7, 11) is -1.93. The predicted molar refractivity (Wildman–Crippen MR) is 145 cm³/mol. The number of carbonyl (C=O) groups is 3. The molecule has 0 aliphatic heterocycles. The van der Waals surface area contributed by atoms with Crippen molar-refractivity contribution in [3.8, 4) is 5.82 Å². The summed E-state index contributed by atoms with van der Waals surface area (Å²) in [6, 6.07) is 4.56. The summed E-state index contributed by atoms with van der Waals surface area (Å²) in [4.78, 5) is 42.8. The van der Waals surface area contributed by atoms with Gasteiger partial charge in [0.25, 0.3) is 11.8 Å². The molecule has 2 heterocycles. The van der Waals surface area contributed by atoms with E-state index in [0.29, 0.717) is 10.7 Å². The van der Waals surface area contributed by atoms with Crippen LogP contribution in [0.15, 0.2) is 36.5 Å². The maximum atomic E-state index is 13.5. The van der Waals surface area contributed by atoms with E-state index < -0.39 is 51.1 Å². The first kappa shape index (κ1) is 31.8. The fraction of sp³-hybridized carbons (Fsp3) is 0.292.